The molecule has 0 radical (unpaired) electrons. The van der Waals surface area contributed by atoms with Gasteiger partial charge >= 0.3 is 7.12 Å². The summed E-state index contributed by atoms with van der Waals surface area (Å²) in [5.41, 5.74) is 7.16. The van der Waals surface area contributed by atoms with E-state index in [2.05, 4.69) is 73.5 Å². The molecule has 0 spiro atoms. The summed E-state index contributed by atoms with van der Waals surface area (Å²) in [6.07, 6.45) is 5.65. The average Bonchev–Trinajstić information content (AvgIpc) is 3.44. The number of aryl methyl sites for hydroxylation is 6. The van der Waals surface area contributed by atoms with Gasteiger partial charge in [0.25, 0.3) is 0 Å². The van der Waals surface area contributed by atoms with Crippen molar-refractivity contribution in [1.82, 2.24) is 29.1 Å². The third kappa shape index (κ3) is 3.67. The lowest BCUT2D eigenvalue weighted by Gasteiger charge is -2.32. The highest BCUT2D eigenvalue weighted by Crippen LogP contribution is 2.16. The third-order valence-electron chi connectivity index (χ3n) is 5.72. The Hall–Kier alpha value is -2.31. The molecule has 3 aromatic rings. The molecular weight excluding hydrogens is 347 g/mol. The molecule has 7 heteroatoms. The molecule has 0 atom stereocenters. The number of rotatable bonds is 9. The van der Waals surface area contributed by atoms with Gasteiger partial charge in [0.05, 0.1) is 17.1 Å². The van der Waals surface area contributed by atoms with E-state index in [0.717, 1.165) is 55.6 Å². The highest BCUT2D eigenvalue weighted by molar-refractivity contribution is 6.53. The van der Waals surface area contributed by atoms with Crippen LogP contribution in [0.1, 0.15) is 75.7 Å². The standard InChI is InChI=1S/C21H34BN6/c1-7-16-13-19(10-4)26(23-16)22(27-20(11-5)14-17(8-2)24-27)28-21(12-6)15-18(9-3)25-28/h13-15,22H,7-12H2,1-6H3/q-1. The van der Waals surface area contributed by atoms with Gasteiger partial charge in [0, 0.05) is 0 Å². The van der Waals surface area contributed by atoms with Gasteiger partial charge in [0.1, 0.15) is 0 Å². The van der Waals surface area contributed by atoms with E-state index in [0.29, 0.717) is 0 Å². The fourth-order valence-corrected chi connectivity index (χ4v) is 4.03. The largest absolute Gasteiger partial charge is 0.400 e. The molecule has 6 nitrogen and oxygen atoms in total. The lowest BCUT2D eigenvalue weighted by Crippen LogP contribution is -2.46. The van der Waals surface area contributed by atoms with Gasteiger partial charge in [-0.2, -0.15) is 0 Å². The van der Waals surface area contributed by atoms with Crippen LogP contribution >= 0.6 is 0 Å². The zero-order valence-electron chi connectivity index (χ0n) is 18.4. The van der Waals surface area contributed by atoms with Crippen LogP contribution in [0.2, 0.25) is 0 Å². The number of nitrogens with zero attached hydrogens (tertiary/aromatic N) is 6. The normalized spacial score (nSPS) is 11.7. The Kier molecular flexibility index (Phi) is 6.42. The molecular formula is C21H34BN6-. The summed E-state index contributed by atoms with van der Waals surface area (Å²) in [6.45, 7) is 13.1. The van der Waals surface area contributed by atoms with E-state index in [1.807, 2.05) is 0 Å². The predicted octanol–water partition coefficient (Wildman–Crippen LogP) is 3.31. The van der Waals surface area contributed by atoms with E-state index in [1.54, 1.807) is 0 Å². The maximum Gasteiger partial charge on any atom is 0.326 e. The first-order valence-electron chi connectivity index (χ1n) is 11.0. The van der Waals surface area contributed by atoms with Crippen LogP contribution in [0.3, 0.4) is 0 Å². The summed E-state index contributed by atoms with van der Waals surface area (Å²) in [5, 5.41) is 15.0. The van der Waals surface area contributed by atoms with E-state index in [9.17, 15) is 0 Å². The maximum atomic E-state index is 5.01. The van der Waals surface area contributed by atoms with E-state index in [4.69, 9.17) is 15.3 Å². The smallest absolute Gasteiger partial charge is 0.326 e. The van der Waals surface area contributed by atoms with Crippen LogP contribution in [0, 0.1) is 0 Å². The lowest BCUT2D eigenvalue weighted by molar-refractivity contribution is 0.701. The minimum atomic E-state index is -1.31. The zero-order chi connectivity index (χ0) is 20.3. The highest BCUT2D eigenvalue weighted by Gasteiger charge is 2.22. The van der Waals surface area contributed by atoms with Crippen molar-refractivity contribution in [2.45, 2.75) is 80.1 Å². The van der Waals surface area contributed by atoms with Crippen molar-refractivity contribution >= 4 is 7.12 Å². The summed E-state index contributed by atoms with van der Waals surface area (Å²) in [6, 6.07) is 6.73. The minimum absolute atomic E-state index is 0.937. The van der Waals surface area contributed by atoms with Crippen LogP contribution in [-0.4, -0.2) is 36.2 Å². The zero-order valence-corrected chi connectivity index (χ0v) is 18.4. The molecule has 0 N–H and O–H groups in total. The predicted molar refractivity (Wildman–Crippen MR) is 116 cm³/mol. The SMILES string of the molecule is CCc1cc(CC)n([BH-](n2nc(CC)cc2CC)n2nc(CC)cc2CC)n1. The van der Waals surface area contributed by atoms with E-state index < -0.39 is 7.12 Å². The van der Waals surface area contributed by atoms with Crippen molar-refractivity contribution in [2.24, 2.45) is 0 Å². The first-order chi connectivity index (χ1) is 13.6. The van der Waals surface area contributed by atoms with Gasteiger partial charge in [-0.25, -0.2) is 15.3 Å². The third-order valence-corrected chi connectivity index (χ3v) is 5.72. The van der Waals surface area contributed by atoms with Crippen LogP contribution < -0.4 is 0 Å². The Morgan fingerprint density at radius 1 is 0.536 bits per heavy atom. The first kappa shape index (κ1) is 20.4. The van der Waals surface area contributed by atoms with Crippen molar-refractivity contribution in [1.29, 1.82) is 0 Å². The monoisotopic (exact) mass is 381 g/mol. The first-order valence-corrected chi connectivity index (χ1v) is 11.0. The fourth-order valence-electron chi connectivity index (χ4n) is 4.03. The molecule has 0 aliphatic heterocycles. The molecule has 3 heterocycles. The summed E-state index contributed by atoms with van der Waals surface area (Å²) in [5.74, 6) is 0. The molecule has 152 valence electrons. The molecule has 0 bridgehead atoms. The molecule has 0 aliphatic rings. The molecule has 0 saturated carbocycles. The number of hydrogen-bond donors (Lipinski definition) is 0. The van der Waals surface area contributed by atoms with Gasteiger partial charge in [-0.15, -0.1) is 0 Å². The van der Waals surface area contributed by atoms with E-state index in [1.165, 1.54) is 17.1 Å². The molecule has 3 aromatic heterocycles. The second-order valence-electron chi connectivity index (χ2n) is 7.43. The topological polar surface area (TPSA) is 53.5 Å². The van der Waals surface area contributed by atoms with Crippen molar-refractivity contribution in [3.63, 3.8) is 0 Å². The maximum absolute atomic E-state index is 5.01. The van der Waals surface area contributed by atoms with Crippen molar-refractivity contribution in [3.05, 3.63) is 52.4 Å². The van der Waals surface area contributed by atoms with Crippen LogP contribution in [-0.2, 0) is 38.5 Å². The number of hydrogen-bond acceptors (Lipinski definition) is 3. The second kappa shape index (κ2) is 8.80. The Morgan fingerprint density at radius 3 is 1.04 bits per heavy atom. The van der Waals surface area contributed by atoms with E-state index in [-0.39, 0.29) is 0 Å². The summed E-state index contributed by atoms with van der Waals surface area (Å²) in [7, 11) is -1.31. The van der Waals surface area contributed by atoms with E-state index >= 15 is 0 Å². The summed E-state index contributed by atoms with van der Waals surface area (Å²) < 4.78 is 6.65. The number of aromatic nitrogens is 6. The summed E-state index contributed by atoms with van der Waals surface area (Å²) >= 11 is 0. The molecule has 0 unspecified atom stereocenters. The molecule has 28 heavy (non-hydrogen) atoms. The molecule has 0 aromatic carbocycles. The average molecular weight is 381 g/mol. The van der Waals surface area contributed by atoms with Gasteiger partial charge in [-0.1, -0.05) is 41.5 Å². The Morgan fingerprint density at radius 2 is 0.821 bits per heavy atom. The van der Waals surface area contributed by atoms with Crippen LogP contribution in [0.15, 0.2) is 18.2 Å². The van der Waals surface area contributed by atoms with Gasteiger partial charge in [-0.3, -0.25) is 0 Å². The highest BCUT2D eigenvalue weighted by atomic mass is 15.5. The fraction of sp³-hybridized carbons (Fsp3) is 0.571. The molecule has 0 fully saturated rings. The molecule has 3 rings (SSSR count). The Labute approximate surface area is 169 Å². The Bertz CT molecular complexity index is 800. The van der Waals surface area contributed by atoms with Crippen molar-refractivity contribution in [3.8, 4) is 0 Å². The van der Waals surface area contributed by atoms with Gasteiger partial charge in [0.15, 0.2) is 0 Å². The van der Waals surface area contributed by atoms with Crippen LogP contribution in [0.25, 0.3) is 0 Å². The quantitative estimate of drug-likeness (QED) is 0.535. The molecule has 0 aliphatic carbocycles. The van der Waals surface area contributed by atoms with Crippen molar-refractivity contribution in [2.75, 3.05) is 0 Å². The molecule has 0 amide bonds. The van der Waals surface area contributed by atoms with Gasteiger partial charge < -0.3 is 13.8 Å². The molecule has 0 saturated heterocycles. The minimum Gasteiger partial charge on any atom is -0.400 e. The van der Waals surface area contributed by atoms with Crippen LogP contribution in [0.4, 0.5) is 0 Å². The van der Waals surface area contributed by atoms with Crippen molar-refractivity contribution < 1.29 is 0 Å². The Balaban J connectivity index is 2.28. The van der Waals surface area contributed by atoms with Gasteiger partial charge in [0.2, 0.25) is 0 Å². The lowest BCUT2D eigenvalue weighted by atomic mass is 9.92. The second-order valence-corrected chi connectivity index (χ2v) is 7.43. The summed E-state index contributed by atoms with van der Waals surface area (Å²) in [4.78, 5) is 0. The van der Waals surface area contributed by atoms with Crippen LogP contribution in [0.5, 0.6) is 0 Å². The van der Waals surface area contributed by atoms with Gasteiger partial charge in [-0.05, 0) is 73.8 Å².